The maximum absolute atomic E-state index is 12.8. The van der Waals surface area contributed by atoms with Crippen LogP contribution in [0.25, 0.3) is 0 Å². The molecule has 30 heavy (non-hydrogen) atoms. The van der Waals surface area contributed by atoms with Gasteiger partial charge in [-0.15, -0.1) is 0 Å². The van der Waals surface area contributed by atoms with Gasteiger partial charge in [0.05, 0.1) is 21.2 Å². The molecular formula is C20H19ClN2O7. The van der Waals surface area contributed by atoms with Gasteiger partial charge in [-0.3, -0.25) is 19.7 Å². The smallest absolute Gasteiger partial charge is 0.335 e. The highest BCUT2D eigenvalue weighted by atomic mass is 35.5. The summed E-state index contributed by atoms with van der Waals surface area (Å²) >= 11 is 6.01. The molecule has 0 unspecified atom stereocenters. The first-order valence-corrected chi connectivity index (χ1v) is 9.07. The highest BCUT2D eigenvalue weighted by molar-refractivity contribution is 6.34. The maximum atomic E-state index is 12.8. The molecule has 1 amide bonds. The summed E-state index contributed by atoms with van der Waals surface area (Å²) in [5, 5.41) is 22.4. The predicted molar refractivity (Wildman–Crippen MR) is 109 cm³/mol. The zero-order valence-corrected chi connectivity index (χ0v) is 17.1. The number of Topliss-reactive ketones (excluding diaryl/α,β-unsaturated/α-hetero) is 1. The molecule has 0 saturated heterocycles. The van der Waals surface area contributed by atoms with Crippen LogP contribution in [0.1, 0.15) is 31.1 Å². The third-order valence-electron chi connectivity index (χ3n) is 3.99. The highest BCUT2D eigenvalue weighted by Crippen LogP contribution is 2.28. The number of nitrogens with one attached hydrogen (secondary N) is 1. The van der Waals surface area contributed by atoms with Gasteiger partial charge in [-0.25, -0.2) is 4.79 Å². The Labute approximate surface area is 176 Å². The Morgan fingerprint density at radius 2 is 1.73 bits per heavy atom. The van der Waals surface area contributed by atoms with Gasteiger partial charge in [0.1, 0.15) is 5.75 Å². The minimum Gasteiger partial charge on any atom is -0.478 e. The van der Waals surface area contributed by atoms with E-state index in [1.54, 1.807) is 20.8 Å². The maximum Gasteiger partial charge on any atom is 0.335 e. The Hall–Kier alpha value is -3.46. The van der Waals surface area contributed by atoms with Crippen molar-refractivity contribution in [3.8, 4) is 5.75 Å². The average Bonchev–Trinajstić information content (AvgIpc) is 2.66. The van der Waals surface area contributed by atoms with Crippen LogP contribution in [0.15, 0.2) is 42.5 Å². The Balaban J connectivity index is 2.34. The van der Waals surface area contributed by atoms with Crippen molar-refractivity contribution in [1.82, 2.24) is 0 Å². The molecule has 9 nitrogen and oxygen atoms in total. The van der Waals surface area contributed by atoms with Gasteiger partial charge in [0.2, 0.25) is 6.10 Å². The lowest BCUT2D eigenvalue weighted by molar-refractivity contribution is -0.384. The first kappa shape index (κ1) is 22.8. The summed E-state index contributed by atoms with van der Waals surface area (Å²) in [5.41, 5.74) is -1.28. The van der Waals surface area contributed by atoms with Gasteiger partial charge in [-0.05, 0) is 30.3 Å². The molecular weight excluding hydrogens is 416 g/mol. The molecule has 0 bridgehead atoms. The molecule has 2 N–H and O–H groups in total. The normalized spacial score (nSPS) is 12.0. The van der Waals surface area contributed by atoms with Gasteiger partial charge >= 0.3 is 5.97 Å². The molecule has 10 heteroatoms. The van der Waals surface area contributed by atoms with E-state index in [0.717, 1.165) is 6.07 Å². The van der Waals surface area contributed by atoms with E-state index in [4.69, 9.17) is 21.4 Å². The molecule has 0 aliphatic carbocycles. The second kappa shape index (κ2) is 8.91. The van der Waals surface area contributed by atoms with Crippen LogP contribution in [0.2, 0.25) is 5.02 Å². The van der Waals surface area contributed by atoms with Gasteiger partial charge < -0.3 is 15.2 Å². The van der Waals surface area contributed by atoms with Crippen LogP contribution in [-0.2, 0) is 9.59 Å². The van der Waals surface area contributed by atoms with Crippen LogP contribution < -0.4 is 10.1 Å². The fourth-order valence-electron chi connectivity index (χ4n) is 2.35. The zero-order valence-electron chi connectivity index (χ0n) is 16.3. The van der Waals surface area contributed by atoms with E-state index in [1.165, 1.54) is 36.4 Å². The van der Waals surface area contributed by atoms with Crippen LogP contribution in [0, 0.1) is 15.5 Å². The van der Waals surface area contributed by atoms with Crippen molar-refractivity contribution < 1.29 is 29.2 Å². The van der Waals surface area contributed by atoms with Crippen LogP contribution >= 0.6 is 11.6 Å². The van der Waals surface area contributed by atoms with Crippen molar-refractivity contribution in [1.29, 1.82) is 0 Å². The molecule has 0 aromatic heterocycles. The summed E-state index contributed by atoms with van der Waals surface area (Å²) in [6, 6.07) is 8.68. The van der Waals surface area contributed by atoms with Crippen LogP contribution in [0.5, 0.6) is 5.75 Å². The summed E-state index contributed by atoms with van der Waals surface area (Å²) in [6.45, 7) is 4.81. The number of hydrogen-bond donors (Lipinski definition) is 2. The number of benzene rings is 2. The minimum atomic E-state index is -1.60. The third kappa shape index (κ3) is 5.54. The zero-order chi connectivity index (χ0) is 22.6. The van der Waals surface area contributed by atoms with E-state index < -0.39 is 34.1 Å². The van der Waals surface area contributed by atoms with Gasteiger partial charge in [0, 0.05) is 17.5 Å². The number of carbonyl (C=O) groups is 3. The number of nitro benzene ring substituents is 1. The van der Waals surface area contributed by atoms with Gasteiger partial charge in [-0.1, -0.05) is 32.4 Å². The number of anilines is 1. The molecule has 0 aliphatic rings. The Morgan fingerprint density at radius 3 is 2.23 bits per heavy atom. The standard InChI is InChI=1S/C20H19ClN2O7/c1-20(2,3)17(24)16(30-13-7-4-11(5-8-13)19(26)27)18(25)22-15-10-12(23(28)29)6-9-14(15)21/h4-10,16H,1-3H3,(H,22,25)(H,26,27)/t16-/m1/s1. The lowest BCUT2D eigenvalue weighted by Gasteiger charge is -2.25. The van der Waals surface area contributed by atoms with Crippen LogP contribution in [-0.4, -0.2) is 33.8 Å². The number of rotatable bonds is 7. The molecule has 2 aromatic rings. The fourth-order valence-corrected chi connectivity index (χ4v) is 2.52. The van der Waals surface area contributed by atoms with Gasteiger partial charge in [0.25, 0.3) is 11.6 Å². The Morgan fingerprint density at radius 1 is 1.13 bits per heavy atom. The van der Waals surface area contributed by atoms with Crippen molar-refractivity contribution in [2.45, 2.75) is 26.9 Å². The summed E-state index contributed by atoms with van der Waals surface area (Å²) in [6.07, 6.45) is -1.60. The molecule has 0 aliphatic heterocycles. The second-order valence-electron chi connectivity index (χ2n) is 7.35. The fraction of sp³-hybridized carbons (Fsp3) is 0.250. The number of carboxylic acids is 1. The van der Waals surface area contributed by atoms with E-state index in [9.17, 15) is 24.5 Å². The SMILES string of the molecule is CC(C)(C)C(=O)[C@@H](Oc1ccc(C(=O)O)cc1)C(=O)Nc1cc([N+](=O)[O-])ccc1Cl. The average molecular weight is 435 g/mol. The molecule has 0 radical (unpaired) electrons. The number of carbonyl (C=O) groups excluding carboxylic acids is 2. The Bertz CT molecular complexity index is 997. The molecule has 1 atom stereocenters. The number of non-ortho nitro benzene ring substituents is 1. The molecule has 0 spiro atoms. The molecule has 158 valence electrons. The summed E-state index contributed by atoms with van der Waals surface area (Å²) in [5.74, 6) is -2.46. The van der Waals surface area contributed by atoms with Gasteiger partial charge in [0.15, 0.2) is 5.78 Å². The molecule has 2 aromatic carbocycles. The van der Waals surface area contributed by atoms with E-state index in [2.05, 4.69) is 5.32 Å². The highest BCUT2D eigenvalue weighted by Gasteiger charge is 2.37. The van der Waals surface area contributed by atoms with Crippen molar-refractivity contribution >= 4 is 40.6 Å². The van der Waals surface area contributed by atoms with E-state index in [1.807, 2.05) is 0 Å². The van der Waals surface area contributed by atoms with Crippen molar-refractivity contribution in [3.05, 3.63) is 63.2 Å². The topological polar surface area (TPSA) is 136 Å². The first-order valence-electron chi connectivity index (χ1n) is 8.69. The number of nitro groups is 1. The van der Waals surface area contributed by atoms with Crippen LogP contribution in [0.3, 0.4) is 0 Å². The Kier molecular flexibility index (Phi) is 6.78. The van der Waals surface area contributed by atoms with Crippen LogP contribution in [0.4, 0.5) is 11.4 Å². The monoisotopic (exact) mass is 434 g/mol. The summed E-state index contributed by atoms with van der Waals surface area (Å²) < 4.78 is 5.56. The number of nitrogens with zero attached hydrogens (tertiary/aromatic N) is 1. The lowest BCUT2D eigenvalue weighted by atomic mass is 9.87. The van der Waals surface area contributed by atoms with Crippen molar-refractivity contribution in [3.63, 3.8) is 0 Å². The number of ether oxygens (including phenoxy) is 1. The second-order valence-corrected chi connectivity index (χ2v) is 7.76. The summed E-state index contributed by atoms with van der Waals surface area (Å²) in [7, 11) is 0. The molecule has 0 saturated carbocycles. The predicted octanol–water partition coefficient (Wildman–Crippen LogP) is 3.95. The number of aromatic carboxylic acids is 1. The van der Waals surface area contributed by atoms with Crippen molar-refractivity contribution in [2.24, 2.45) is 5.41 Å². The number of carboxylic acid groups (broad SMARTS) is 1. The van der Waals surface area contributed by atoms with Gasteiger partial charge in [-0.2, -0.15) is 0 Å². The third-order valence-corrected chi connectivity index (χ3v) is 4.32. The number of amides is 1. The minimum absolute atomic E-state index is 0.00822. The molecule has 0 fully saturated rings. The first-order chi connectivity index (χ1) is 13.9. The summed E-state index contributed by atoms with van der Waals surface area (Å²) in [4.78, 5) is 46.9. The van der Waals surface area contributed by atoms with E-state index in [-0.39, 0.29) is 27.7 Å². The lowest BCUT2D eigenvalue weighted by Crippen LogP contribution is -2.45. The number of hydrogen-bond acceptors (Lipinski definition) is 6. The largest absolute Gasteiger partial charge is 0.478 e. The molecule has 0 heterocycles. The van der Waals surface area contributed by atoms with E-state index >= 15 is 0 Å². The number of ketones is 1. The number of halogens is 1. The quantitative estimate of drug-likeness (QED) is 0.382. The molecule has 2 rings (SSSR count). The van der Waals surface area contributed by atoms with Crippen molar-refractivity contribution in [2.75, 3.05) is 5.32 Å². The van der Waals surface area contributed by atoms with E-state index in [0.29, 0.717) is 0 Å².